The van der Waals surface area contributed by atoms with Gasteiger partial charge in [-0.25, -0.2) is 4.79 Å². The van der Waals surface area contributed by atoms with Crippen LogP contribution in [-0.2, 0) is 0 Å². The van der Waals surface area contributed by atoms with E-state index in [1.807, 2.05) is 43.3 Å². The van der Waals surface area contributed by atoms with Crippen LogP contribution in [0.3, 0.4) is 0 Å². The van der Waals surface area contributed by atoms with Crippen LogP contribution in [0, 0.1) is 0 Å². The molecule has 0 fully saturated rings. The Morgan fingerprint density at radius 2 is 2.00 bits per heavy atom. The average molecular weight is 229 g/mol. The molecule has 5 heteroatoms. The summed E-state index contributed by atoms with van der Waals surface area (Å²) >= 11 is 1.32. The molecule has 0 spiro atoms. The van der Waals surface area contributed by atoms with Crippen molar-refractivity contribution in [3.05, 3.63) is 29.1 Å². The summed E-state index contributed by atoms with van der Waals surface area (Å²) in [7, 11) is 3.72. The number of nitrogens with zero attached hydrogens (tertiary/aromatic N) is 1. The normalized spacial score (nSPS) is 9.88. The number of rotatable bonds is 2. The van der Waals surface area contributed by atoms with E-state index in [1.54, 1.807) is 0 Å². The number of hydrogen-bond acceptors (Lipinski definition) is 3. The molecule has 0 radical (unpaired) electrons. The maximum absolute atomic E-state index is 11.1. The van der Waals surface area contributed by atoms with Crippen LogP contribution in [0.4, 0.5) is 5.69 Å². The molecule has 0 aliphatic rings. The van der Waals surface area contributed by atoms with Gasteiger partial charge in [0.25, 0.3) is 0 Å². The van der Waals surface area contributed by atoms with Crippen molar-refractivity contribution in [3.8, 4) is 0 Å². The summed E-state index contributed by atoms with van der Waals surface area (Å²) in [5.74, 6) is -0.861. The molecule has 1 N–H and O–H groups in total. The van der Waals surface area contributed by atoms with Gasteiger partial charge in [-0.3, -0.25) is 0 Å². The van der Waals surface area contributed by atoms with Gasteiger partial charge in [-0.2, -0.15) is 0 Å². The van der Waals surface area contributed by atoms with Crippen LogP contribution in [0.2, 0.25) is 0 Å². The van der Waals surface area contributed by atoms with E-state index in [9.17, 15) is 4.79 Å². The van der Waals surface area contributed by atoms with Crippen LogP contribution in [0.5, 0.6) is 0 Å². The van der Waals surface area contributed by atoms with Gasteiger partial charge >= 0.3 is 24.8 Å². The van der Waals surface area contributed by atoms with Crippen molar-refractivity contribution >= 4 is 33.1 Å². The molecule has 0 bridgehead atoms. The van der Waals surface area contributed by atoms with E-state index in [-0.39, 0.29) is 20.3 Å². The third kappa shape index (κ3) is 2.10. The Balaban J connectivity index is 0.00000128. The summed E-state index contributed by atoms with van der Waals surface area (Å²) in [6, 6.07) is 7.74. The van der Waals surface area contributed by atoms with Gasteiger partial charge in [-0.1, -0.05) is 18.2 Å². The van der Waals surface area contributed by atoms with Crippen molar-refractivity contribution in [1.82, 2.24) is 0 Å². The predicted octanol–water partition coefficient (Wildman–Crippen LogP) is -0.218. The summed E-state index contributed by atoms with van der Waals surface area (Å²) in [6.07, 6.45) is 0. The minimum Gasteiger partial charge on any atom is -1.00 e. The van der Waals surface area contributed by atoms with Crippen LogP contribution in [0.15, 0.2) is 24.3 Å². The first-order chi connectivity index (χ1) is 7.11. The molecule has 3 nitrogen and oxygen atoms in total. The van der Waals surface area contributed by atoms with Crippen LogP contribution >= 0.6 is 11.3 Å². The number of aromatic carboxylic acids is 1. The van der Waals surface area contributed by atoms with Gasteiger partial charge in [0.1, 0.15) is 4.88 Å². The van der Waals surface area contributed by atoms with E-state index >= 15 is 0 Å². The Bertz CT molecular complexity index is 527. The first kappa shape index (κ1) is 13.1. The first-order valence-corrected chi connectivity index (χ1v) is 5.35. The molecular weight excluding hydrogens is 217 g/mol. The smallest absolute Gasteiger partial charge is 1.00 e. The fraction of sp³-hybridized carbons (Fsp3) is 0.182. The molecule has 0 amide bonds. The van der Waals surface area contributed by atoms with Crippen molar-refractivity contribution < 1.29 is 30.2 Å². The van der Waals surface area contributed by atoms with Gasteiger partial charge in [-0.15, -0.1) is 11.3 Å². The molecule has 1 heterocycles. The van der Waals surface area contributed by atoms with Crippen molar-refractivity contribution in [2.24, 2.45) is 0 Å². The van der Waals surface area contributed by atoms with Gasteiger partial charge < -0.3 is 11.4 Å². The zero-order chi connectivity index (χ0) is 11.0. The summed E-state index contributed by atoms with van der Waals surface area (Å²) in [4.78, 5) is 13.3. The van der Waals surface area contributed by atoms with E-state index in [4.69, 9.17) is 5.11 Å². The summed E-state index contributed by atoms with van der Waals surface area (Å²) in [5, 5.41) is 10.1. The van der Waals surface area contributed by atoms with Gasteiger partial charge in [0.2, 0.25) is 0 Å². The molecule has 1 aromatic heterocycles. The maximum Gasteiger partial charge on any atom is 1.00 e. The zero-order valence-corrected chi connectivity index (χ0v) is 10.3. The van der Waals surface area contributed by atoms with Crippen molar-refractivity contribution in [1.29, 1.82) is 0 Å². The second-order valence-corrected chi connectivity index (χ2v) is 4.53. The number of anilines is 1. The van der Waals surface area contributed by atoms with Crippen LogP contribution < -0.4 is 23.8 Å². The monoisotopic (exact) mass is 229 g/mol. The molecule has 0 unspecified atom stereocenters. The Labute approximate surface area is 111 Å². The number of carboxylic acids is 1. The molecule has 1 aromatic carbocycles. The number of carbonyl (C=O) groups is 1. The molecule has 0 saturated carbocycles. The summed E-state index contributed by atoms with van der Waals surface area (Å²) < 4.78 is 1.01. The van der Waals surface area contributed by atoms with E-state index in [0.717, 1.165) is 15.8 Å². The average Bonchev–Trinajstić information content (AvgIpc) is 2.56. The van der Waals surface area contributed by atoms with E-state index in [1.165, 1.54) is 11.3 Å². The largest absolute Gasteiger partial charge is 1.00 e. The number of fused-ring (bicyclic) bond motifs is 1. The van der Waals surface area contributed by atoms with E-state index < -0.39 is 5.97 Å². The first-order valence-electron chi connectivity index (χ1n) is 4.53. The number of benzene rings is 1. The predicted molar refractivity (Wildman–Crippen MR) is 64.2 cm³/mol. The van der Waals surface area contributed by atoms with Gasteiger partial charge in [0.05, 0.1) is 5.69 Å². The SMILES string of the molecule is CN(C)c1c(C(=O)O)sc2ccccc12.[H-].[Li+]. The quantitative estimate of drug-likeness (QED) is 0.724. The third-order valence-corrected chi connectivity index (χ3v) is 3.36. The summed E-state index contributed by atoms with van der Waals surface area (Å²) in [5.41, 5.74) is 0.795. The molecule has 0 atom stereocenters. The maximum atomic E-state index is 11.1. The fourth-order valence-corrected chi connectivity index (χ4v) is 2.74. The number of hydrogen-bond donors (Lipinski definition) is 1. The number of thiophene rings is 1. The van der Waals surface area contributed by atoms with Crippen LogP contribution in [0.25, 0.3) is 10.1 Å². The summed E-state index contributed by atoms with van der Waals surface area (Å²) in [6.45, 7) is 0. The second kappa shape index (κ2) is 4.92. The molecule has 0 aliphatic carbocycles. The molecule has 2 rings (SSSR count). The van der Waals surface area contributed by atoms with Crippen LogP contribution in [0.1, 0.15) is 11.1 Å². The van der Waals surface area contributed by atoms with Crippen molar-refractivity contribution in [3.63, 3.8) is 0 Å². The zero-order valence-electron chi connectivity index (χ0n) is 10.5. The molecule has 16 heavy (non-hydrogen) atoms. The van der Waals surface area contributed by atoms with Gasteiger partial charge in [0.15, 0.2) is 0 Å². The molecule has 2 aromatic rings. The second-order valence-electron chi connectivity index (χ2n) is 3.48. The molecular formula is C11H12LiNO2S. The Morgan fingerprint density at radius 3 is 2.56 bits per heavy atom. The standard InChI is InChI=1S/C11H11NO2S.Li.H/c1-12(2)9-7-5-3-4-6-8(7)15-10(9)11(13)14;;/h3-6H,1-2H3,(H,13,14);;/q;+1;-1. The molecule has 0 aliphatic heterocycles. The van der Waals surface area contributed by atoms with Crippen LogP contribution in [-0.4, -0.2) is 25.2 Å². The third-order valence-electron chi connectivity index (χ3n) is 2.21. The van der Waals surface area contributed by atoms with E-state index in [0.29, 0.717) is 4.88 Å². The van der Waals surface area contributed by atoms with Gasteiger partial charge in [-0.05, 0) is 6.07 Å². The number of carboxylic acid groups (broad SMARTS) is 1. The van der Waals surface area contributed by atoms with Crippen molar-refractivity contribution in [2.45, 2.75) is 0 Å². The molecule has 0 saturated heterocycles. The Hall–Kier alpha value is -0.953. The minimum absolute atomic E-state index is 0. The Morgan fingerprint density at radius 1 is 1.38 bits per heavy atom. The minimum atomic E-state index is -0.861. The van der Waals surface area contributed by atoms with Crippen molar-refractivity contribution in [2.75, 3.05) is 19.0 Å². The Kier molecular flexibility index (Phi) is 4.03. The fourth-order valence-electron chi connectivity index (χ4n) is 1.62. The van der Waals surface area contributed by atoms with E-state index in [2.05, 4.69) is 0 Å². The van der Waals surface area contributed by atoms with Gasteiger partial charge in [0, 0.05) is 24.2 Å². The molecule has 80 valence electrons. The topological polar surface area (TPSA) is 40.5 Å².